The van der Waals surface area contributed by atoms with E-state index in [1.807, 2.05) is 41.5 Å². The van der Waals surface area contributed by atoms with Crippen LogP contribution in [0.3, 0.4) is 0 Å². The Hall–Kier alpha value is -1.42. The Labute approximate surface area is 111 Å². The average Bonchev–Trinajstić information content (AvgIpc) is 2.35. The molecule has 0 amide bonds. The summed E-state index contributed by atoms with van der Waals surface area (Å²) in [5.41, 5.74) is -1.63. The van der Waals surface area contributed by atoms with Crippen molar-refractivity contribution in [3.05, 3.63) is 0 Å². The number of nitriles is 2. The van der Waals surface area contributed by atoms with Gasteiger partial charge in [-0.25, -0.2) is 0 Å². The number of rotatable bonds is 6. The van der Waals surface area contributed by atoms with E-state index in [2.05, 4.69) is 22.4 Å². The van der Waals surface area contributed by atoms with Crippen LogP contribution in [-0.2, 0) is 0 Å². The molecule has 0 fully saturated rings. The molecule has 0 heterocycles. The Balaban J connectivity index is 5.46. The number of hydrogen-bond donors (Lipinski definition) is 0. The molecule has 0 aromatic heterocycles. The van der Waals surface area contributed by atoms with Crippen molar-refractivity contribution >= 4 is 0 Å². The molecule has 100 valence electrons. The summed E-state index contributed by atoms with van der Waals surface area (Å²) in [6, 6.07) is 4.51. The maximum absolute atomic E-state index is 9.34. The lowest BCUT2D eigenvalue weighted by atomic mass is 9.85. The van der Waals surface area contributed by atoms with Crippen LogP contribution in [0.4, 0.5) is 0 Å². The molecule has 2 atom stereocenters. The zero-order valence-corrected chi connectivity index (χ0v) is 12.4. The molecule has 0 bridgehead atoms. The standard InChI is InChI=1S/C14H24N4/c1-7-13(9-15,11(3)4)17-18-14(8-2,10-16)12(5)6/h11-12H,7-8H2,1-6H3/b18-17+. The van der Waals surface area contributed by atoms with Gasteiger partial charge in [0.2, 0.25) is 0 Å². The molecule has 2 unspecified atom stereocenters. The summed E-state index contributed by atoms with van der Waals surface area (Å²) in [6.45, 7) is 11.7. The van der Waals surface area contributed by atoms with Crippen LogP contribution in [-0.4, -0.2) is 11.1 Å². The van der Waals surface area contributed by atoms with Crippen molar-refractivity contribution in [2.75, 3.05) is 0 Å². The zero-order valence-electron chi connectivity index (χ0n) is 12.4. The third kappa shape index (κ3) is 3.07. The van der Waals surface area contributed by atoms with Gasteiger partial charge < -0.3 is 0 Å². The van der Waals surface area contributed by atoms with Crippen LogP contribution in [0.5, 0.6) is 0 Å². The predicted octanol–water partition coefficient (Wildman–Crippen LogP) is 4.10. The van der Waals surface area contributed by atoms with Gasteiger partial charge in [-0.2, -0.15) is 20.8 Å². The van der Waals surface area contributed by atoms with Crippen LogP contribution < -0.4 is 0 Å². The van der Waals surface area contributed by atoms with E-state index in [1.165, 1.54) is 0 Å². The van der Waals surface area contributed by atoms with Gasteiger partial charge in [0.25, 0.3) is 0 Å². The first-order valence-corrected chi connectivity index (χ1v) is 6.60. The molecular formula is C14H24N4. The zero-order chi connectivity index (χ0) is 14.4. The molecule has 0 aliphatic heterocycles. The van der Waals surface area contributed by atoms with Crippen molar-refractivity contribution in [1.82, 2.24) is 0 Å². The molecule has 0 aliphatic rings. The van der Waals surface area contributed by atoms with E-state index in [0.717, 1.165) is 0 Å². The number of nitrogens with zero attached hydrogens (tertiary/aromatic N) is 4. The molecular weight excluding hydrogens is 224 g/mol. The second kappa shape index (κ2) is 6.50. The molecule has 0 radical (unpaired) electrons. The lowest BCUT2D eigenvalue weighted by molar-refractivity contribution is 0.315. The molecule has 0 saturated carbocycles. The molecule has 0 N–H and O–H groups in total. The van der Waals surface area contributed by atoms with Gasteiger partial charge in [-0.3, -0.25) is 0 Å². The minimum atomic E-state index is -0.813. The van der Waals surface area contributed by atoms with E-state index in [0.29, 0.717) is 12.8 Å². The third-order valence-electron chi connectivity index (χ3n) is 3.78. The Morgan fingerprint density at radius 1 is 0.833 bits per heavy atom. The number of hydrogen-bond acceptors (Lipinski definition) is 4. The van der Waals surface area contributed by atoms with Gasteiger partial charge in [0, 0.05) is 0 Å². The first kappa shape index (κ1) is 16.6. The third-order valence-corrected chi connectivity index (χ3v) is 3.78. The minimum absolute atomic E-state index is 0.0802. The van der Waals surface area contributed by atoms with Gasteiger partial charge in [0.05, 0.1) is 12.1 Å². The summed E-state index contributed by atoms with van der Waals surface area (Å²) in [5, 5.41) is 27.2. The van der Waals surface area contributed by atoms with Gasteiger partial charge in [-0.05, 0) is 24.7 Å². The highest BCUT2D eigenvalue weighted by Gasteiger charge is 2.36. The molecule has 0 saturated heterocycles. The quantitative estimate of drug-likeness (QED) is 0.664. The van der Waals surface area contributed by atoms with E-state index >= 15 is 0 Å². The number of azo groups is 1. The highest BCUT2D eigenvalue weighted by molar-refractivity contribution is 5.12. The first-order valence-electron chi connectivity index (χ1n) is 6.60. The summed E-state index contributed by atoms with van der Waals surface area (Å²) >= 11 is 0. The van der Waals surface area contributed by atoms with Gasteiger partial charge in [-0.1, -0.05) is 41.5 Å². The first-order chi connectivity index (χ1) is 8.34. The van der Waals surface area contributed by atoms with Crippen LogP contribution in [0.1, 0.15) is 54.4 Å². The van der Waals surface area contributed by atoms with Gasteiger partial charge in [0.15, 0.2) is 11.1 Å². The van der Waals surface area contributed by atoms with Crippen LogP contribution in [0.25, 0.3) is 0 Å². The molecule has 0 aromatic carbocycles. The van der Waals surface area contributed by atoms with Crippen molar-refractivity contribution < 1.29 is 0 Å². The summed E-state index contributed by atoms with van der Waals surface area (Å²) in [7, 11) is 0. The summed E-state index contributed by atoms with van der Waals surface area (Å²) in [5.74, 6) is 0.160. The van der Waals surface area contributed by atoms with E-state index in [9.17, 15) is 10.5 Å². The van der Waals surface area contributed by atoms with Crippen LogP contribution in [0.15, 0.2) is 10.2 Å². The summed E-state index contributed by atoms with van der Waals surface area (Å²) < 4.78 is 0. The predicted molar refractivity (Wildman–Crippen MR) is 71.8 cm³/mol. The van der Waals surface area contributed by atoms with E-state index in [-0.39, 0.29) is 11.8 Å². The van der Waals surface area contributed by atoms with Gasteiger partial charge in [-0.15, -0.1) is 0 Å². The Bertz CT molecular complexity index is 336. The van der Waals surface area contributed by atoms with Crippen molar-refractivity contribution in [3.8, 4) is 12.1 Å². The van der Waals surface area contributed by atoms with E-state index in [1.54, 1.807) is 0 Å². The maximum Gasteiger partial charge on any atom is 0.169 e. The van der Waals surface area contributed by atoms with Gasteiger partial charge >= 0.3 is 0 Å². The lowest BCUT2D eigenvalue weighted by Gasteiger charge is -2.28. The van der Waals surface area contributed by atoms with Crippen LogP contribution >= 0.6 is 0 Å². The van der Waals surface area contributed by atoms with Crippen LogP contribution in [0, 0.1) is 34.5 Å². The van der Waals surface area contributed by atoms with Crippen molar-refractivity contribution in [2.24, 2.45) is 22.1 Å². The van der Waals surface area contributed by atoms with Crippen molar-refractivity contribution in [3.63, 3.8) is 0 Å². The van der Waals surface area contributed by atoms with E-state index < -0.39 is 11.1 Å². The highest BCUT2D eigenvalue weighted by atomic mass is 15.2. The normalized spacial score (nSPS) is 18.3. The molecule has 0 aromatic rings. The topological polar surface area (TPSA) is 72.3 Å². The van der Waals surface area contributed by atoms with Gasteiger partial charge in [0.1, 0.15) is 0 Å². The Morgan fingerprint density at radius 3 is 1.22 bits per heavy atom. The monoisotopic (exact) mass is 248 g/mol. The maximum atomic E-state index is 9.34. The second-order valence-corrected chi connectivity index (χ2v) is 5.29. The molecule has 0 rings (SSSR count). The molecule has 4 heteroatoms. The summed E-state index contributed by atoms with van der Waals surface area (Å²) in [4.78, 5) is 0. The SMILES string of the molecule is CCC(C#N)(/N=N/C(C#N)(CC)C(C)C)C(C)C. The fourth-order valence-electron chi connectivity index (χ4n) is 1.83. The smallest absolute Gasteiger partial charge is 0.169 e. The lowest BCUT2D eigenvalue weighted by Crippen LogP contribution is -2.34. The fraction of sp³-hybridized carbons (Fsp3) is 0.857. The van der Waals surface area contributed by atoms with Crippen LogP contribution in [0.2, 0.25) is 0 Å². The largest absolute Gasteiger partial charge is 0.196 e. The van der Waals surface area contributed by atoms with Crippen molar-refractivity contribution in [2.45, 2.75) is 65.5 Å². The highest BCUT2D eigenvalue weighted by Crippen LogP contribution is 2.31. The minimum Gasteiger partial charge on any atom is -0.196 e. The molecule has 4 nitrogen and oxygen atoms in total. The molecule has 18 heavy (non-hydrogen) atoms. The summed E-state index contributed by atoms with van der Waals surface area (Å²) in [6.07, 6.45) is 1.21. The molecule has 0 spiro atoms. The second-order valence-electron chi connectivity index (χ2n) is 5.29. The van der Waals surface area contributed by atoms with Crippen molar-refractivity contribution in [1.29, 1.82) is 10.5 Å². The molecule has 0 aliphatic carbocycles. The Morgan fingerprint density at radius 2 is 1.11 bits per heavy atom. The average molecular weight is 248 g/mol. The Kier molecular flexibility index (Phi) is 5.98. The van der Waals surface area contributed by atoms with E-state index in [4.69, 9.17) is 0 Å². The fourth-order valence-corrected chi connectivity index (χ4v) is 1.83.